The van der Waals surface area contributed by atoms with E-state index in [0.29, 0.717) is 5.56 Å². The highest BCUT2D eigenvalue weighted by Crippen LogP contribution is 2.37. The van der Waals surface area contributed by atoms with Gasteiger partial charge in [-0.15, -0.1) is 0 Å². The Labute approximate surface area is 306 Å². The molecular weight excluding hydrogens is 615 g/mol. The van der Waals surface area contributed by atoms with E-state index in [1.54, 1.807) is 18.2 Å². The molecule has 5 nitrogen and oxygen atoms in total. The van der Waals surface area contributed by atoms with Gasteiger partial charge in [0, 0.05) is 32.7 Å². The molecule has 234 valence electrons. The van der Waals surface area contributed by atoms with Crippen molar-refractivity contribution in [1.29, 1.82) is 0 Å². The molecule has 0 aliphatic heterocycles. The molecule has 10 aromatic rings. The molecule has 0 aliphatic rings. The maximum atomic E-state index is 9.47. The third-order valence-corrected chi connectivity index (χ3v) is 8.35. The SMILES string of the molecule is [2H]c1c([2H])c([2H])c2c(oc3c([2H])c([2H])c(-c4nc(-c5cccc(-c6ccc(-c7ccccc7)cc6)c5)nc(-c5c([2H])c([2H])c([2H])c6c5oc5c([2H])c([2H])c([2H])c([2H])c56)n4)c([2H])c32)c1[2H]. The Balaban J connectivity index is 1.27. The van der Waals surface area contributed by atoms with Gasteiger partial charge in [0.1, 0.15) is 22.3 Å². The van der Waals surface area contributed by atoms with Crippen molar-refractivity contribution in [2.45, 2.75) is 0 Å². The van der Waals surface area contributed by atoms with Crippen molar-refractivity contribution in [3.05, 3.63) is 163 Å². The van der Waals surface area contributed by atoms with Crippen molar-refractivity contribution < 1.29 is 28.0 Å². The van der Waals surface area contributed by atoms with Crippen LogP contribution < -0.4 is 0 Å². The summed E-state index contributed by atoms with van der Waals surface area (Å²) < 4.78 is 134. The smallest absolute Gasteiger partial charge is 0.167 e. The Bertz CT molecular complexity index is 3670. The van der Waals surface area contributed by atoms with Crippen molar-refractivity contribution in [2.75, 3.05) is 0 Å². The van der Waals surface area contributed by atoms with Crippen LogP contribution in [0.3, 0.4) is 0 Å². The molecule has 0 saturated carbocycles. The van der Waals surface area contributed by atoms with E-state index in [-0.39, 0.29) is 72.5 Å². The van der Waals surface area contributed by atoms with E-state index >= 15 is 0 Å². The average molecular weight is 656 g/mol. The van der Waals surface area contributed by atoms with Gasteiger partial charge in [-0.25, -0.2) is 15.0 Å². The van der Waals surface area contributed by atoms with Crippen molar-refractivity contribution in [1.82, 2.24) is 15.0 Å². The van der Waals surface area contributed by atoms with Gasteiger partial charge in [-0.3, -0.25) is 0 Å². The minimum Gasteiger partial charge on any atom is -0.456 e. The van der Waals surface area contributed by atoms with Gasteiger partial charge in [0.15, 0.2) is 17.5 Å². The molecule has 3 aromatic heterocycles. The van der Waals surface area contributed by atoms with Crippen molar-refractivity contribution in [3.8, 4) is 56.4 Å². The number of hydrogen-bond acceptors (Lipinski definition) is 5. The minimum atomic E-state index is -0.640. The summed E-state index contributed by atoms with van der Waals surface area (Å²) in [5, 5.41) is -0.773. The highest BCUT2D eigenvalue weighted by atomic mass is 16.3. The van der Waals surface area contributed by atoms with Gasteiger partial charge in [0.2, 0.25) is 0 Å². The summed E-state index contributed by atoms with van der Waals surface area (Å²) in [7, 11) is 0. The molecule has 7 aromatic carbocycles. The standard InChI is InChI=1S/C45H27N3O2/c1-2-10-28(11-3-1)29-20-22-30(23-21-29)31-12-8-13-32(26-31)43-46-44(33-24-25-41-38(27-33)35-15-5-6-18-39(35)49-41)48-45(47-43)37-17-9-16-36-34-14-4-7-19-40(34)50-42(36)37/h1-27H/i4D,5D,6D,7D,9D,14D,15D,16D,17D,18D,19D,24D,25D,27D. The minimum absolute atomic E-state index is 0.0680. The Morgan fingerprint density at radius 1 is 0.400 bits per heavy atom. The van der Waals surface area contributed by atoms with Crippen LogP contribution in [0.25, 0.3) is 100 Å². The van der Waals surface area contributed by atoms with Crippen LogP contribution in [0.1, 0.15) is 19.2 Å². The van der Waals surface area contributed by atoms with Gasteiger partial charge in [-0.05, 0) is 64.6 Å². The highest BCUT2D eigenvalue weighted by Gasteiger charge is 2.19. The topological polar surface area (TPSA) is 65.0 Å². The van der Waals surface area contributed by atoms with Gasteiger partial charge in [0.05, 0.1) is 24.8 Å². The molecule has 0 saturated heterocycles. The summed E-state index contributed by atoms with van der Waals surface area (Å²) in [6, 6.07) is 16.8. The normalized spacial score (nSPS) is 15.5. The maximum absolute atomic E-state index is 9.47. The van der Waals surface area contributed by atoms with Crippen LogP contribution in [-0.2, 0) is 0 Å². The monoisotopic (exact) mass is 655 g/mol. The molecule has 0 spiro atoms. The average Bonchev–Trinajstić information content (AvgIpc) is 3.92. The summed E-state index contributed by atoms with van der Waals surface area (Å²) in [4.78, 5) is 14.1. The van der Waals surface area contributed by atoms with E-state index in [9.17, 15) is 1.37 Å². The van der Waals surface area contributed by atoms with E-state index in [2.05, 4.69) is 4.98 Å². The Morgan fingerprint density at radius 3 is 1.78 bits per heavy atom. The number of aromatic nitrogens is 3. The molecule has 0 aliphatic carbocycles. The zero-order valence-corrected chi connectivity index (χ0v) is 25.7. The summed E-state index contributed by atoms with van der Waals surface area (Å²) in [6.45, 7) is 0. The summed E-state index contributed by atoms with van der Waals surface area (Å²) in [6.07, 6.45) is 0. The van der Waals surface area contributed by atoms with Gasteiger partial charge in [-0.1, -0.05) is 121 Å². The van der Waals surface area contributed by atoms with Crippen LogP contribution >= 0.6 is 0 Å². The third-order valence-electron chi connectivity index (χ3n) is 8.35. The van der Waals surface area contributed by atoms with Crippen molar-refractivity contribution >= 4 is 43.9 Å². The van der Waals surface area contributed by atoms with E-state index < -0.39 is 84.6 Å². The van der Waals surface area contributed by atoms with Crippen LogP contribution in [-0.4, -0.2) is 15.0 Å². The fourth-order valence-corrected chi connectivity index (χ4v) is 5.95. The zero-order valence-electron chi connectivity index (χ0n) is 39.7. The van der Waals surface area contributed by atoms with Gasteiger partial charge >= 0.3 is 0 Å². The van der Waals surface area contributed by atoms with Gasteiger partial charge < -0.3 is 8.83 Å². The molecule has 50 heavy (non-hydrogen) atoms. The van der Waals surface area contributed by atoms with Crippen LogP contribution in [0, 0.1) is 0 Å². The zero-order chi connectivity index (χ0) is 45.2. The molecule has 0 bridgehead atoms. The predicted molar refractivity (Wildman–Crippen MR) is 202 cm³/mol. The molecule has 0 amide bonds. The largest absolute Gasteiger partial charge is 0.456 e. The Morgan fingerprint density at radius 2 is 0.980 bits per heavy atom. The number of benzene rings is 7. The fourth-order valence-electron chi connectivity index (χ4n) is 5.95. The quantitative estimate of drug-likeness (QED) is 0.185. The lowest BCUT2D eigenvalue weighted by Crippen LogP contribution is -2.00. The molecular formula is C45H27N3O2. The first kappa shape index (κ1) is 17.5. The van der Waals surface area contributed by atoms with Crippen LogP contribution in [0.2, 0.25) is 0 Å². The lowest BCUT2D eigenvalue weighted by Gasteiger charge is -2.10. The van der Waals surface area contributed by atoms with E-state index in [4.69, 9.17) is 36.6 Å². The fraction of sp³-hybridized carbons (Fsp3) is 0. The molecule has 0 radical (unpaired) electrons. The third kappa shape index (κ3) is 4.75. The van der Waals surface area contributed by atoms with E-state index in [1.807, 2.05) is 60.7 Å². The van der Waals surface area contributed by atoms with Crippen molar-refractivity contribution in [2.24, 2.45) is 0 Å². The lowest BCUT2D eigenvalue weighted by molar-refractivity contribution is 0.669. The first-order valence-electron chi connectivity index (χ1n) is 22.5. The van der Waals surface area contributed by atoms with Crippen LogP contribution in [0.4, 0.5) is 0 Å². The number of rotatable bonds is 5. The molecule has 3 heterocycles. The lowest BCUT2D eigenvalue weighted by atomic mass is 9.99. The Kier molecular flexibility index (Phi) is 3.99. The second-order valence-corrected chi connectivity index (χ2v) is 11.4. The van der Waals surface area contributed by atoms with Crippen LogP contribution in [0.5, 0.6) is 0 Å². The maximum Gasteiger partial charge on any atom is 0.167 e. The molecule has 5 heteroatoms. The molecule has 0 fully saturated rings. The number of para-hydroxylation sites is 3. The van der Waals surface area contributed by atoms with Gasteiger partial charge in [0.25, 0.3) is 0 Å². The second kappa shape index (κ2) is 11.4. The number of furan rings is 2. The number of nitrogens with zero attached hydrogens (tertiary/aromatic N) is 3. The second-order valence-electron chi connectivity index (χ2n) is 11.4. The molecule has 0 unspecified atom stereocenters. The Hall–Kier alpha value is -6.85. The number of hydrogen-bond donors (Lipinski definition) is 0. The van der Waals surface area contributed by atoms with E-state index in [0.717, 1.165) is 22.3 Å². The van der Waals surface area contributed by atoms with Crippen molar-refractivity contribution in [3.63, 3.8) is 0 Å². The van der Waals surface area contributed by atoms with Gasteiger partial charge in [-0.2, -0.15) is 0 Å². The first-order chi connectivity index (χ1) is 30.6. The highest BCUT2D eigenvalue weighted by molar-refractivity contribution is 6.09. The molecule has 0 N–H and O–H groups in total. The molecule has 0 atom stereocenters. The number of fused-ring (bicyclic) bond motifs is 6. The predicted octanol–water partition coefficient (Wildman–Crippen LogP) is 12.0. The summed E-state index contributed by atoms with van der Waals surface area (Å²) >= 11 is 0. The van der Waals surface area contributed by atoms with E-state index in [1.165, 1.54) is 0 Å². The summed E-state index contributed by atoms with van der Waals surface area (Å²) in [5.41, 5.74) is 2.07. The molecule has 10 rings (SSSR count). The van der Waals surface area contributed by atoms with Crippen LogP contribution in [0.15, 0.2) is 172 Å². The summed E-state index contributed by atoms with van der Waals surface area (Å²) in [5.74, 6) is -0.811. The first-order valence-corrected chi connectivity index (χ1v) is 15.5.